The zero-order valence-electron chi connectivity index (χ0n) is 8.95. The molecule has 0 spiro atoms. The van der Waals surface area contributed by atoms with Crippen molar-refractivity contribution in [3.05, 3.63) is 35.9 Å². The highest BCUT2D eigenvalue weighted by Gasteiger charge is 2.02. The number of hydrogen-bond donors (Lipinski definition) is 0. The Kier molecular flexibility index (Phi) is 5.37. The van der Waals surface area contributed by atoms with Gasteiger partial charge in [-0.25, -0.2) is 0 Å². The number of unbranched alkanes of at least 4 members (excludes halogenated alkanes) is 1. The Balaban J connectivity index is 2.19. The molecule has 0 aliphatic heterocycles. The first kappa shape index (κ1) is 11.6. The van der Waals surface area contributed by atoms with Gasteiger partial charge in [-0.1, -0.05) is 36.8 Å². The second kappa shape index (κ2) is 6.93. The van der Waals surface area contributed by atoms with E-state index >= 15 is 0 Å². The van der Waals surface area contributed by atoms with Crippen LogP contribution in [0, 0.1) is 23.9 Å². The standard InChI is InChI=1S/C14H16Si/c1-3-15(4-2)13-9-8-12-14-10-6-5-7-11-14/h1-2,5-7,10-11,15H,8-9,12-13H2. The summed E-state index contributed by atoms with van der Waals surface area (Å²) in [4.78, 5) is 0. The van der Waals surface area contributed by atoms with Gasteiger partial charge in [0.25, 0.3) is 0 Å². The normalized spacial score (nSPS) is 9.53. The second-order valence-corrected chi connectivity index (χ2v) is 5.97. The fraction of sp³-hybridized carbons (Fsp3) is 0.286. The Morgan fingerprint density at radius 2 is 1.67 bits per heavy atom. The average molecular weight is 212 g/mol. The third-order valence-electron chi connectivity index (χ3n) is 2.45. The van der Waals surface area contributed by atoms with Gasteiger partial charge in [0.15, 0.2) is 0 Å². The fourth-order valence-corrected chi connectivity index (χ4v) is 2.66. The summed E-state index contributed by atoms with van der Waals surface area (Å²) in [6, 6.07) is 11.6. The van der Waals surface area contributed by atoms with E-state index in [4.69, 9.17) is 12.8 Å². The molecule has 0 saturated heterocycles. The lowest BCUT2D eigenvalue weighted by Gasteiger charge is -2.02. The number of hydrogen-bond acceptors (Lipinski definition) is 0. The van der Waals surface area contributed by atoms with Crippen LogP contribution in [0.15, 0.2) is 30.3 Å². The zero-order chi connectivity index (χ0) is 10.9. The predicted molar refractivity (Wildman–Crippen MR) is 69.0 cm³/mol. The smallest absolute Gasteiger partial charge is 0.126 e. The Morgan fingerprint density at radius 1 is 1.00 bits per heavy atom. The largest absolute Gasteiger partial charge is 0.201 e. The van der Waals surface area contributed by atoms with Crippen molar-refractivity contribution in [3.63, 3.8) is 0 Å². The number of benzene rings is 1. The van der Waals surface area contributed by atoms with Gasteiger partial charge in [0, 0.05) is 0 Å². The fourth-order valence-electron chi connectivity index (χ4n) is 1.54. The van der Waals surface area contributed by atoms with Crippen molar-refractivity contribution in [1.29, 1.82) is 0 Å². The Morgan fingerprint density at radius 3 is 2.27 bits per heavy atom. The van der Waals surface area contributed by atoms with Gasteiger partial charge in [-0.15, -0.1) is 23.9 Å². The molecule has 0 saturated carbocycles. The molecular weight excluding hydrogens is 196 g/mol. The molecule has 1 heteroatoms. The molecular formula is C14H16Si. The predicted octanol–water partition coefficient (Wildman–Crippen LogP) is 2.58. The SMILES string of the molecule is C#C[SiH](C#C)CCCCc1ccccc1. The lowest BCUT2D eigenvalue weighted by molar-refractivity contribution is 0.791. The van der Waals surface area contributed by atoms with Crippen LogP contribution in [0.25, 0.3) is 0 Å². The first-order chi connectivity index (χ1) is 7.36. The summed E-state index contributed by atoms with van der Waals surface area (Å²) in [6.45, 7) is 0. The molecule has 0 aliphatic rings. The Bertz CT molecular complexity index is 339. The third kappa shape index (κ3) is 4.54. The van der Waals surface area contributed by atoms with Crippen LogP contribution in [0.2, 0.25) is 6.04 Å². The molecule has 0 heterocycles. The van der Waals surface area contributed by atoms with Crippen LogP contribution in [-0.2, 0) is 6.42 Å². The summed E-state index contributed by atoms with van der Waals surface area (Å²) < 4.78 is 0. The summed E-state index contributed by atoms with van der Waals surface area (Å²) in [5.74, 6) is 0. The molecule has 15 heavy (non-hydrogen) atoms. The molecule has 76 valence electrons. The van der Waals surface area contributed by atoms with E-state index in [0.29, 0.717) is 0 Å². The minimum atomic E-state index is -1.26. The highest BCUT2D eigenvalue weighted by molar-refractivity contribution is 6.75. The molecule has 0 amide bonds. The van der Waals surface area contributed by atoms with Gasteiger partial charge in [-0.2, -0.15) is 0 Å². The van der Waals surface area contributed by atoms with Crippen LogP contribution in [0.1, 0.15) is 18.4 Å². The van der Waals surface area contributed by atoms with Gasteiger partial charge >= 0.3 is 0 Å². The van der Waals surface area contributed by atoms with Gasteiger partial charge < -0.3 is 0 Å². The van der Waals surface area contributed by atoms with Crippen molar-refractivity contribution in [1.82, 2.24) is 0 Å². The van der Waals surface area contributed by atoms with E-state index in [2.05, 4.69) is 35.4 Å². The van der Waals surface area contributed by atoms with Crippen molar-refractivity contribution in [2.45, 2.75) is 25.3 Å². The minimum Gasteiger partial charge on any atom is -0.126 e. The molecule has 0 fully saturated rings. The number of terminal acetylenes is 2. The molecule has 0 atom stereocenters. The van der Waals surface area contributed by atoms with Gasteiger partial charge in [-0.3, -0.25) is 0 Å². The first-order valence-electron chi connectivity index (χ1n) is 5.33. The summed E-state index contributed by atoms with van der Waals surface area (Å²) in [5.41, 5.74) is 6.91. The van der Waals surface area contributed by atoms with E-state index < -0.39 is 8.80 Å². The van der Waals surface area contributed by atoms with E-state index in [-0.39, 0.29) is 0 Å². The minimum absolute atomic E-state index is 1.08. The maximum atomic E-state index is 5.35. The molecule has 0 N–H and O–H groups in total. The molecule has 1 aromatic rings. The third-order valence-corrected chi connectivity index (χ3v) is 4.24. The van der Waals surface area contributed by atoms with Crippen LogP contribution in [0.4, 0.5) is 0 Å². The first-order valence-corrected chi connectivity index (χ1v) is 7.30. The van der Waals surface area contributed by atoms with Crippen molar-refractivity contribution in [3.8, 4) is 23.9 Å². The lowest BCUT2D eigenvalue weighted by Crippen LogP contribution is -2.06. The summed E-state index contributed by atoms with van der Waals surface area (Å²) in [6.07, 6.45) is 14.2. The van der Waals surface area contributed by atoms with E-state index in [0.717, 1.165) is 12.5 Å². The summed E-state index contributed by atoms with van der Waals surface area (Å²) >= 11 is 0. The summed E-state index contributed by atoms with van der Waals surface area (Å²) in [7, 11) is -1.26. The molecule has 0 radical (unpaired) electrons. The van der Waals surface area contributed by atoms with E-state index in [9.17, 15) is 0 Å². The van der Waals surface area contributed by atoms with Crippen molar-refractivity contribution >= 4 is 8.80 Å². The van der Waals surface area contributed by atoms with Crippen molar-refractivity contribution in [2.75, 3.05) is 0 Å². The van der Waals surface area contributed by atoms with Gasteiger partial charge in [0.05, 0.1) is 0 Å². The summed E-state index contributed by atoms with van der Waals surface area (Å²) in [5, 5.41) is 0. The quantitative estimate of drug-likeness (QED) is 0.400. The van der Waals surface area contributed by atoms with Crippen LogP contribution in [0.5, 0.6) is 0 Å². The van der Waals surface area contributed by atoms with Crippen molar-refractivity contribution < 1.29 is 0 Å². The lowest BCUT2D eigenvalue weighted by atomic mass is 10.1. The Hall–Kier alpha value is -1.44. The number of rotatable bonds is 5. The Labute approximate surface area is 94.3 Å². The monoisotopic (exact) mass is 212 g/mol. The van der Waals surface area contributed by atoms with E-state index in [1.165, 1.54) is 18.4 Å². The molecule has 0 nitrogen and oxygen atoms in total. The van der Waals surface area contributed by atoms with Crippen molar-refractivity contribution in [2.24, 2.45) is 0 Å². The molecule has 0 bridgehead atoms. The maximum absolute atomic E-state index is 5.35. The molecule has 0 aliphatic carbocycles. The van der Waals surface area contributed by atoms with Gasteiger partial charge in [0.2, 0.25) is 8.80 Å². The average Bonchev–Trinajstić information content (AvgIpc) is 2.31. The maximum Gasteiger partial charge on any atom is 0.201 e. The molecule has 0 unspecified atom stereocenters. The number of aryl methyl sites for hydroxylation is 1. The van der Waals surface area contributed by atoms with E-state index in [1.54, 1.807) is 0 Å². The highest BCUT2D eigenvalue weighted by atomic mass is 28.3. The molecule has 1 aromatic carbocycles. The topological polar surface area (TPSA) is 0 Å². The second-order valence-electron chi connectivity index (χ2n) is 3.62. The molecule has 1 rings (SSSR count). The van der Waals surface area contributed by atoms with Crippen LogP contribution in [-0.4, -0.2) is 8.80 Å². The van der Waals surface area contributed by atoms with Gasteiger partial charge in [0.1, 0.15) is 0 Å². The van der Waals surface area contributed by atoms with Gasteiger partial charge in [-0.05, 0) is 24.4 Å². The van der Waals surface area contributed by atoms with E-state index in [1.807, 2.05) is 6.07 Å². The molecule has 0 aromatic heterocycles. The van der Waals surface area contributed by atoms with Crippen LogP contribution in [0.3, 0.4) is 0 Å². The van der Waals surface area contributed by atoms with Crippen LogP contribution < -0.4 is 0 Å². The van der Waals surface area contributed by atoms with Crippen LogP contribution >= 0.6 is 0 Å². The highest BCUT2D eigenvalue weighted by Crippen LogP contribution is 2.07. The zero-order valence-corrected chi connectivity index (χ0v) is 10.1.